The van der Waals surface area contributed by atoms with Crippen LogP contribution in [0.4, 0.5) is 0 Å². The first-order chi connectivity index (χ1) is 12.4. The fraction of sp³-hybridized carbons (Fsp3) is 0. The van der Waals surface area contributed by atoms with Crippen LogP contribution in [0.2, 0.25) is 0 Å². The van der Waals surface area contributed by atoms with E-state index in [4.69, 9.17) is 0 Å². The lowest BCUT2D eigenvalue weighted by molar-refractivity contribution is 1.34. The number of nitrogens with zero attached hydrogens (tertiary/aromatic N) is 2. The Bertz CT molecular complexity index is 1440. The van der Waals surface area contributed by atoms with Gasteiger partial charge in [-0.25, -0.2) is 9.97 Å². The molecule has 0 unspecified atom stereocenters. The molecule has 0 saturated heterocycles. The Morgan fingerprint density at radius 3 is 2.40 bits per heavy atom. The van der Waals surface area contributed by atoms with Crippen LogP contribution in [-0.2, 0) is 0 Å². The van der Waals surface area contributed by atoms with Crippen molar-refractivity contribution in [1.29, 1.82) is 0 Å². The summed E-state index contributed by atoms with van der Waals surface area (Å²) in [5, 5.41) is 8.60. The average Bonchev–Trinajstić information content (AvgIpc) is 3.16. The molecule has 1 N–H and O–H groups in total. The Balaban J connectivity index is 1.98. The molecule has 0 amide bonds. The van der Waals surface area contributed by atoms with E-state index in [0.717, 1.165) is 21.9 Å². The van der Waals surface area contributed by atoms with Crippen LogP contribution in [0.15, 0.2) is 73.2 Å². The van der Waals surface area contributed by atoms with E-state index in [2.05, 4.69) is 69.5 Å². The second-order valence-corrected chi connectivity index (χ2v) is 6.44. The van der Waals surface area contributed by atoms with Gasteiger partial charge in [0.25, 0.3) is 0 Å². The number of H-pyrrole nitrogens is 1. The Kier molecular flexibility index (Phi) is 2.35. The molecule has 0 aliphatic rings. The number of hydrogen-bond acceptors (Lipinski definition) is 2. The van der Waals surface area contributed by atoms with E-state index in [1.165, 1.54) is 32.3 Å². The van der Waals surface area contributed by atoms with Crippen LogP contribution in [-0.4, -0.2) is 15.0 Å². The number of pyridine rings is 1. The lowest BCUT2D eigenvalue weighted by Gasteiger charge is -2.10. The molecule has 2 heterocycles. The van der Waals surface area contributed by atoms with E-state index < -0.39 is 0 Å². The lowest BCUT2D eigenvalue weighted by atomic mass is 9.95. The molecule has 0 fully saturated rings. The van der Waals surface area contributed by atoms with Crippen LogP contribution in [0.3, 0.4) is 0 Å². The molecule has 3 heteroatoms. The third-order valence-electron chi connectivity index (χ3n) is 5.10. The molecule has 116 valence electrons. The Hall–Kier alpha value is -3.46. The number of benzene rings is 4. The number of aromatic amines is 1. The molecule has 6 rings (SSSR count). The third-order valence-corrected chi connectivity index (χ3v) is 5.10. The molecule has 0 spiro atoms. The molecule has 0 atom stereocenters. The minimum absolute atomic E-state index is 0.934. The summed E-state index contributed by atoms with van der Waals surface area (Å²) in [5.74, 6) is 0. The molecule has 0 bridgehead atoms. The molecule has 3 nitrogen and oxygen atoms in total. The summed E-state index contributed by atoms with van der Waals surface area (Å²) < 4.78 is 0. The third kappa shape index (κ3) is 1.64. The van der Waals surface area contributed by atoms with Gasteiger partial charge < -0.3 is 4.98 Å². The molecule has 0 aliphatic heterocycles. The van der Waals surface area contributed by atoms with E-state index in [0.29, 0.717) is 0 Å². The van der Waals surface area contributed by atoms with Crippen LogP contribution in [0.1, 0.15) is 0 Å². The standard InChI is InChI=1S/C22H13N3/c1-2-5-14-11-18-15(10-13(14)4-1)7-8-17-19(18)16-6-3-9-23-20(16)22-21(17)24-12-25-22/h1-12,23H. The summed E-state index contributed by atoms with van der Waals surface area (Å²) >= 11 is 0. The molecular formula is C22H13N3. The van der Waals surface area contributed by atoms with Gasteiger partial charge in [-0.1, -0.05) is 42.5 Å². The zero-order valence-electron chi connectivity index (χ0n) is 13.3. The van der Waals surface area contributed by atoms with Gasteiger partial charge in [0.05, 0.1) is 5.52 Å². The first-order valence-electron chi connectivity index (χ1n) is 8.35. The number of fused-ring (bicyclic) bond motifs is 9. The van der Waals surface area contributed by atoms with Gasteiger partial charge in [0.1, 0.15) is 17.4 Å². The SMILES string of the molecule is c1ccc2cc3c(ccc4c5ncnc5c5[nH]cccc5c34)cc2c1. The van der Waals surface area contributed by atoms with Crippen LogP contribution in [0.25, 0.3) is 54.3 Å². The van der Waals surface area contributed by atoms with Crippen molar-refractivity contribution in [2.24, 2.45) is 0 Å². The van der Waals surface area contributed by atoms with E-state index in [9.17, 15) is 0 Å². The van der Waals surface area contributed by atoms with Crippen molar-refractivity contribution >= 4 is 54.3 Å². The number of rotatable bonds is 0. The van der Waals surface area contributed by atoms with E-state index in [1.807, 2.05) is 12.3 Å². The van der Waals surface area contributed by atoms with Crippen molar-refractivity contribution in [2.75, 3.05) is 0 Å². The van der Waals surface area contributed by atoms with Crippen molar-refractivity contribution in [3.63, 3.8) is 0 Å². The van der Waals surface area contributed by atoms with Gasteiger partial charge in [-0.3, -0.25) is 0 Å². The van der Waals surface area contributed by atoms with Gasteiger partial charge >= 0.3 is 0 Å². The number of nitrogens with one attached hydrogen (secondary N) is 1. The van der Waals surface area contributed by atoms with Crippen molar-refractivity contribution in [1.82, 2.24) is 15.0 Å². The molecule has 6 aromatic rings. The molecule has 0 aliphatic carbocycles. The highest BCUT2D eigenvalue weighted by Gasteiger charge is 2.14. The fourth-order valence-electron chi connectivity index (χ4n) is 3.99. The zero-order valence-corrected chi connectivity index (χ0v) is 13.3. The maximum atomic E-state index is 4.54. The predicted octanol–water partition coefficient (Wildman–Crippen LogP) is 5.57. The highest BCUT2D eigenvalue weighted by molar-refractivity contribution is 6.29. The highest BCUT2D eigenvalue weighted by Crippen LogP contribution is 2.37. The van der Waals surface area contributed by atoms with E-state index in [1.54, 1.807) is 6.33 Å². The minimum Gasteiger partial charge on any atom is -0.359 e. The summed E-state index contributed by atoms with van der Waals surface area (Å²) in [6, 6.07) is 21.6. The van der Waals surface area contributed by atoms with Crippen LogP contribution in [0.5, 0.6) is 0 Å². The summed E-state index contributed by atoms with van der Waals surface area (Å²) in [5.41, 5.74) is 2.94. The number of hydrogen-bond donors (Lipinski definition) is 1. The van der Waals surface area contributed by atoms with Gasteiger partial charge in [0.2, 0.25) is 0 Å². The Morgan fingerprint density at radius 2 is 1.48 bits per heavy atom. The maximum Gasteiger partial charge on any atom is 0.117 e. The Labute approximate surface area is 142 Å². The summed E-state index contributed by atoms with van der Waals surface area (Å²) in [4.78, 5) is 12.4. The quantitative estimate of drug-likeness (QED) is 0.294. The highest BCUT2D eigenvalue weighted by atomic mass is 14.9. The summed E-state index contributed by atoms with van der Waals surface area (Å²) in [6.45, 7) is 0. The van der Waals surface area contributed by atoms with Crippen molar-refractivity contribution in [3.05, 3.63) is 73.2 Å². The largest absolute Gasteiger partial charge is 0.359 e. The van der Waals surface area contributed by atoms with E-state index >= 15 is 0 Å². The molecule has 0 radical (unpaired) electrons. The normalized spacial score (nSPS) is 12.0. The predicted molar refractivity (Wildman–Crippen MR) is 104 cm³/mol. The second kappa shape index (κ2) is 4.54. The monoisotopic (exact) mass is 319 g/mol. The fourth-order valence-corrected chi connectivity index (χ4v) is 3.99. The van der Waals surface area contributed by atoms with Gasteiger partial charge in [0, 0.05) is 22.4 Å². The average molecular weight is 319 g/mol. The first-order valence-corrected chi connectivity index (χ1v) is 8.35. The van der Waals surface area contributed by atoms with Gasteiger partial charge in [0.15, 0.2) is 0 Å². The Morgan fingerprint density at radius 1 is 0.640 bits per heavy atom. The minimum atomic E-state index is 0.934. The smallest absolute Gasteiger partial charge is 0.117 e. The molecule has 2 aromatic heterocycles. The number of aromatic nitrogens is 3. The van der Waals surface area contributed by atoms with E-state index in [-0.39, 0.29) is 0 Å². The first kappa shape index (κ1) is 12.9. The zero-order chi connectivity index (χ0) is 16.4. The second-order valence-electron chi connectivity index (χ2n) is 6.44. The summed E-state index contributed by atoms with van der Waals surface area (Å²) in [7, 11) is 0. The lowest BCUT2D eigenvalue weighted by Crippen LogP contribution is -1.87. The molecule has 0 saturated carbocycles. The summed E-state index contributed by atoms with van der Waals surface area (Å²) in [6.07, 6.45) is 3.60. The van der Waals surface area contributed by atoms with Crippen LogP contribution in [0, 0.1) is 0 Å². The molecule has 4 aromatic carbocycles. The number of imidazole rings is 1. The van der Waals surface area contributed by atoms with Gasteiger partial charge in [-0.2, -0.15) is 0 Å². The van der Waals surface area contributed by atoms with Crippen molar-refractivity contribution < 1.29 is 0 Å². The van der Waals surface area contributed by atoms with Crippen molar-refractivity contribution in [3.8, 4) is 0 Å². The van der Waals surface area contributed by atoms with Gasteiger partial charge in [-0.15, -0.1) is 0 Å². The maximum absolute atomic E-state index is 4.54. The van der Waals surface area contributed by atoms with Gasteiger partial charge in [-0.05, 0) is 39.7 Å². The molecular weight excluding hydrogens is 306 g/mol. The van der Waals surface area contributed by atoms with Crippen molar-refractivity contribution in [2.45, 2.75) is 0 Å². The molecule has 25 heavy (non-hydrogen) atoms. The van der Waals surface area contributed by atoms with Crippen LogP contribution < -0.4 is 0 Å². The topological polar surface area (TPSA) is 41.6 Å². The van der Waals surface area contributed by atoms with Crippen LogP contribution >= 0.6 is 0 Å².